The van der Waals surface area contributed by atoms with Gasteiger partial charge in [0.25, 0.3) is 10.1 Å². The van der Waals surface area contributed by atoms with E-state index in [-0.39, 0.29) is 23.1 Å². The maximum Gasteiger partial charge on any atom is 0.267 e. The number of aliphatic hydroxyl groups is 1. The number of hydrogen-bond donors (Lipinski definition) is 3. The number of quaternary nitrogens is 1. The SMILES string of the molecule is CCCCCCCCCCCC(=O)NC(C)[N+](C)(C)CC(O)CS(=O)(=O)O. The van der Waals surface area contributed by atoms with Crippen molar-refractivity contribution in [1.82, 2.24) is 5.32 Å². The fourth-order valence-corrected chi connectivity index (χ4v) is 3.66. The van der Waals surface area contributed by atoms with Crippen LogP contribution >= 0.6 is 0 Å². The van der Waals surface area contributed by atoms with Crippen LogP contribution in [-0.4, -0.2) is 67.1 Å². The third-order valence-corrected chi connectivity index (χ3v) is 5.82. The van der Waals surface area contributed by atoms with Gasteiger partial charge in [0, 0.05) is 13.3 Å². The number of aliphatic hydroxyl groups excluding tert-OH is 1. The first-order valence-electron chi connectivity index (χ1n) is 10.2. The summed E-state index contributed by atoms with van der Waals surface area (Å²) in [6.07, 6.45) is 9.84. The molecule has 0 fully saturated rings. The molecule has 0 heterocycles. The third kappa shape index (κ3) is 15.0. The Morgan fingerprint density at radius 1 is 1.00 bits per heavy atom. The number of carbonyl (C=O) groups excluding carboxylic acids is 1. The highest BCUT2D eigenvalue weighted by Gasteiger charge is 2.30. The molecule has 0 bridgehead atoms. The van der Waals surface area contributed by atoms with E-state index >= 15 is 0 Å². The molecule has 0 aliphatic carbocycles. The van der Waals surface area contributed by atoms with Crippen LogP contribution in [0.1, 0.15) is 78.1 Å². The fraction of sp³-hybridized carbons (Fsp3) is 0.947. The molecule has 27 heavy (non-hydrogen) atoms. The summed E-state index contributed by atoms with van der Waals surface area (Å²) in [5.41, 5.74) is 0. The molecule has 0 rings (SSSR count). The molecular weight excluding hydrogens is 368 g/mol. The largest absolute Gasteiger partial charge is 0.386 e. The summed E-state index contributed by atoms with van der Waals surface area (Å²) >= 11 is 0. The fourth-order valence-electron chi connectivity index (χ4n) is 3.07. The number of likely N-dealkylation sites (N-methyl/N-ethyl adjacent to an activating group) is 1. The van der Waals surface area contributed by atoms with Crippen molar-refractivity contribution in [1.29, 1.82) is 0 Å². The van der Waals surface area contributed by atoms with E-state index in [1.807, 2.05) is 6.92 Å². The molecule has 0 aromatic rings. The van der Waals surface area contributed by atoms with E-state index in [9.17, 15) is 18.3 Å². The minimum absolute atomic E-state index is 0.0269. The topological polar surface area (TPSA) is 104 Å². The van der Waals surface area contributed by atoms with E-state index in [1.54, 1.807) is 14.1 Å². The second-order valence-corrected chi connectivity index (χ2v) is 9.68. The van der Waals surface area contributed by atoms with Gasteiger partial charge in [-0.05, 0) is 6.42 Å². The van der Waals surface area contributed by atoms with Crippen LogP contribution in [0.4, 0.5) is 0 Å². The minimum Gasteiger partial charge on any atom is -0.386 e. The van der Waals surface area contributed by atoms with E-state index in [0.717, 1.165) is 12.8 Å². The van der Waals surface area contributed by atoms with Crippen LogP contribution in [0, 0.1) is 0 Å². The summed E-state index contributed by atoms with van der Waals surface area (Å²) in [6, 6.07) is 0. The van der Waals surface area contributed by atoms with Crippen molar-refractivity contribution >= 4 is 16.0 Å². The second-order valence-electron chi connectivity index (χ2n) is 8.19. The van der Waals surface area contributed by atoms with Gasteiger partial charge in [-0.1, -0.05) is 58.3 Å². The van der Waals surface area contributed by atoms with Gasteiger partial charge in [-0.2, -0.15) is 8.42 Å². The van der Waals surface area contributed by atoms with Crippen molar-refractivity contribution < 1.29 is 27.4 Å². The number of carbonyl (C=O) groups is 1. The Hall–Kier alpha value is -0.700. The van der Waals surface area contributed by atoms with Gasteiger partial charge in [-0.15, -0.1) is 0 Å². The number of hydrogen-bond acceptors (Lipinski definition) is 4. The minimum atomic E-state index is -4.22. The zero-order chi connectivity index (χ0) is 20.9. The average Bonchev–Trinajstić information content (AvgIpc) is 2.50. The van der Waals surface area contributed by atoms with Crippen LogP contribution < -0.4 is 5.32 Å². The normalized spacial score (nSPS) is 14.7. The molecule has 3 N–H and O–H groups in total. The number of nitrogens with one attached hydrogen (secondary N) is 1. The van der Waals surface area contributed by atoms with Gasteiger partial charge < -0.3 is 14.9 Å². The highest BCUT2D eigenvalue weighted by Crippen LogP contribution is 2.11. The Morgan fingerprint density at radius 2 is 1.48 bits per heavy atom. The molecule has 162 valence electrons. The van der Waals surface area contributed by atoms with Gasteiger partial charge in [-0.3, -0.25) is 9.35 Å². The molecular formula is C19H41N2O5S+. The molecule has 0 aliphatic rings. The summed E-state index contributed by atoms with van der Waals surface area (Å²) in [5, 5.41) is 12.8. The van der Waals surface area contributed by atoms with E-state index in [2.05, 4.69) is 12.2 Å². The predicted molar refractivity (Wildman–Crippen MR) is 109 cm³/mol. The quantitative estimate of drug-likeness (QED) is 0.157. The molecule has 0 aromatic carbocycles. The average molecular weight is 410 g/mol. The van der Waals surface area contributed by atoms with E-state index in [0.29, 0.717) is 6.42 Å². The third-order valence-electron chi connectivity index (χ3n) is 5.01. The second kappa shape index (κ2) is 13.5. The highest BCUT2D eigenvalue weighted by atomic mass is 32.2. The Balaban J connectivity index is 3.98. The van der Waals surface area contributed by atoms with Crippen molar-refractivity contribution in [3.05, 3.63) is 0 Å². The summed E-state index contributed by atoms with van der Waals surface area (Å²) in [4.78, 5) is 12.1. The van der Waals surface area contributed by atoms with Gasteiger partial charge in [0.05, 0.1) is 14.1 Å². The number of nitrogens with zero attached hydrogens (tertiary/aromatic N) is 1. The van der Waals surface area contributed by atoms with Gasteiger partial charge in [-0.25, -0.2) is 0 Å². The van der Waals surface area contributed by atoms with Crippen LogP contribution in [-0.2, 0) is 14.9 Å². The first kappa shape index (κ1) is 26.3. The Labute approximate surface area is 165 Å². The molecule has 0 saturated carbocycles. The first-order chi connectivity index (χ1) is 12.5. The Morgan fingerprint density at radius 3 is 1.96 bits per heavy atom. The zero-order valence-electron chi connectivity index (χ0n) is 17.6. The number of amides is 1. The monoisotopic (exact) mass is 409 g/mol. The van der Waals surface area contributed by atoms with E-state index < -0.39 is 22.0 Å². The van der Waals surface area contributed by atoms with Crippen LogP contribution in [0.3, 0.4) is 0 Å². The number of rotatable bonds is 16. The van der Waals surface area contributed by atoms with Gasteiger partial charge >= 0.3 is 0 Å². The van der Waals surface area contributed by atoms with Gasteiger partial charge in [0.1, 0.15) is 18.4 Å². The summed E-state index contributed by atoms with van der Waals surface area (Å²) in [7, 11) is -0.614. The predicted octanol–water partition coefficient (Wildman–Crippen LogP) is 2.69. The molecule has 0 radical (unpaired) electrons. The molecule has 1 amide bonds. The lowest BCUT2D eigenvalue weighted by atomic mass is 10.1. The molecule has 8 heteroatoms. The Bertz CT molecular complexity index is 508. The molecule has 2 atom stereocenters. The Kier molecular flexibility index (Phi) is 13.1. The zero-order valence-corrected chi connectivity index (χ0v) is 18.4. The summed E-state index contributed by atoms with van der Waals surface area (Å²) in [5.74, 6) is -0.728. The smallest absolute Gasteiger partial charge is 0.267 e. The first-order valence-corrected chi connectivity index (χ1v) is 11.8. The van der Waals surface area contributed by atoms with Crippen molar-refractivity contribution in [3.8, 4) is 0 Å². The van der Waals surface area contributed by atoms with Crippen molar-refractivity contribution in [2.45, 2.75) is 90.3 Å². The van der Waals surface area contributed by atoms with Crippen LogP contribution in [0.25, 0.3) is 0 Å². The molecule has 0 spiro atoms. The van der Waals surface area contributed by atoms with Crippen LogP contribution in [0.5, 0.6) is 0 Å². The standard InChI is InChI=1S/C19H40N2O5S/c1-5-6-7-8-9-10-11-12-13-14-19(23)20-17(2)21(3,4)15-18(22)16-27(24,25)26/h17-18,22H,5-16H2,1-4H3,(H-,20,23,24,25,26)/p+1. The lowest BCUT2D eigenvalue weighted by Gasteiger charge is -2.37. The summed E-state index contributed by atoms with van der Waals surface area (Å²) in [6.45, 7) is 4.15. The maximum absolute atomic E-state index is 12.1. The highest BCUT2D eigenvalue weighted by molar-refractivity contribution is 7.85. The molecule has 0 saturated heterocycles. The maximum atomic E-state index is 12.1. The van der Waals surface area contributed by atoms with Crippen molar-refractivity contribution in [2.24, 2.45) is 0 Å². The molecule has 7 nitrogen and oxygen atoms in total. The lowest BCUT2D eigenvalue weighted by Crippen LogP contribution is -2.59. The van der Waals surface area contributed by atoms with Crippen molar-refractivity contribution in [2.75, 3.05) is 26.4 Å². The van der Waals surface area contributed by atoms with Crippen LogP contribution in [0.15, 0.2) is 0 Å². The molecule has 0 aromatic heterocycles. The van der Waals surface area contributed by atoms with Crippen LogP contribution in [0.2, 0.25) is 0 Å². The lowest BCUT2D eigenvalue weighted by molar-refractivity contribution is -0.917. The van der Waals surface area contributed by atoms with E-state index in [4.69, 9.17) is 4.55 Å². The molecule has 2 unspecified atom stereocenters. The van der Waals surface area contributed by atoms with Crippen molar-refractivity contribution in [3.63, 3.8) is 0 Å². The van der Waals surface area contributed by atoms with E-state index in [1.165, 1.54) is 44.9 Å². The number of unbranched alkanes of at least 4 members (excludes halogenated alkanes) is 8. The van der Waals surface area contributed by atoms with Gasteiger partial charge in [0.2, 0.25) is 5.91 Å². The summed E-state index contributed by atoms with van der Waals surface area (Å²) < 4.78 is 30.7. The molecule has 0 aliphatic heterocycles. The van der Waals surface area contributed by atoms with Gasteiger partial charge in [0.15, 0.2) is 6.17 Å².